The maximum Gasteiger partial charge on any atom is 0.490 e. The summed E-state index contributed by atoms with van der Waals surface area (Å²) in [7, 11) is 0. The topological polar surface area (TPSA) is 182 Å². The molecule has 4 aromatic rings. The van der Waals surface area contributed by atoms with E-state index in [4.69, 9.17) is 30.9 Å². The van der Waals surface area contributed by atoms with Gasteiger partial charge in [-0.3, -0.25) is 15.3 Å². The zero-order valence-electron chi connectivity index (χ0n) is 19.2. The molecule has 0 saturated carbocycles. The van der Waals surface area contributed by atoms with Crippen molar-refractivity contribution in [1.29, 1.82) is 5.41 Å². The number of nitrogens with two attached hydrogens (primary N) is 1. The molecule has 1 amide bonds. The summed E-state index contributed by atoms with van der Waals surface area (Å²) in [5, 5.41) is 34.3. The van der Waals surface area contributed by atoms with Crippen LogP contribution in [-0.4, -0.2) is 56.4 Å². The Labute approximate surface area is 213 Å². The van der Waals surface area contributed by atoms with Crippen molar-refractivity contribution in [3.05, 3.63) is 71.9 Å². The van der Waals surface area contributed by atoms with Crippen molar-refractivity contribution >= 4 is 51.0 Å². The number of carbonyl (C=O) groups is 3. The van der Waals surface area contributed by atoms with Crippen LogP contribution in [0.3, 0.4) is 0 Å². The average molecular weight is 557 g/mol. The van der Waals surface area contributed by atoms with Gasteiger partial charge in [-0.15, -0.1) is 0 Å². The lowest BCUT2D eigenvalue weighted by molar-refractivity contribution is -0.193. The Balaban J connectivity index is 0.000000317. The molecular formula is C23H17F6N5O5. The summed E-state index contributed by atoms with van der Waals surface area (Å²) >= 11 is 0. The summed E-state index contributed by atoms with van der Waals surface area (Å²) in [5.41, 5.74) is 8.38. The highest BCUT2D eigenvalue weighted by atomic mass is 19.4. The van der Waals surface area contributed by atoms with Crippen LogP contribution in [0, 0.1) is 5.41 Å². The number of amidine groups is 1. The lowest BCUT2D eigenvalue weighted by atomic mass is 10.0. The molecule has 0 aliphatic heterocycles. The van der Waals surface area contributed by atoms with Gasteiger partial charge in [0.25, 0.3) is 5.91 Å². The zero-order valence-corrected chi connectivity index (χ0v) is 19.2. The van der Waals surface area contributed by atoms with Gasteiger partial charge in [0.05, 0.1) is 11.7 Å². The van der Waals surface area contributed by atoms with Gasteiger partial charge >= 0.3 is 24.3 Å². The fourth-order valence-electron chi connectivity index (χ4n) is 2.78. The number of carboxylic acids is 2. The Hall–Kier alpha value is -5.15. The van der Waals surface area contributed by atoms with Gasteiger partial charge in [0.15, 0.2) is 0 Å². The number of aliphatic carboxylic acids is 2. The van der Waals surface area contributed by atoms with E-state index in [1.54, 1.807) is 18.3 Å². The number of H-pyrrole nitrogens is 1. The predicted octanol–water partition coefficient (Wildman–Crippen LogP) is 4.52. The average Bonchev–Trinajstić information content (AvgIpc) is 3.31. The maximum absolute atomic E-state index is 12.5. The van der Waals surface area contributed by atoms with Crippen LogP contribution in [0.5, 0.6) is 0 Å². The molecule has 0 bridgehead atoms. The van der Waals surface area contributed by atoms with Crippen molar-refractivity contribution < 1.29 is 50.9 Å². The molecule has 0 radical (unpaired) electrons. The zero-order chi connectivity index (χ0) is 29.5. The first kappa shape index (κ1) is 30.1. The van der Waals surface area contributed by atoms with Gasteiger partial charge in [-0.05, 0) is 47.2 Å². The monoisotopic (exact) mass is 557 g/mol. The quantitative estimate of drug-likeness (QED) is 0.122. The van der Waals surface area contributed by atoms with E-state index in [-0.39, 0.29) is 11.7 Å². The van der Waals surface area contributed by atoms with E-state index in [2.05, 4.69) is 15.5 Å². The van der Waals surface area contributed by atoms with Gasteiger partial charge < -0.3 is 21.3 Å². The SMILES string of the molecule is N=C(N)c1ccc2cc(C(=O)Nc3ccc4[nH]ncc4c3)ccc2c1.O=C(O)C(F)(F)F.O=C(O)C(F)(F)F. The second-order valence-electron chi connectivity index (χ2n) is 7.42. The van der Waals surface area contributed by atoms with Crippen LogP contribution in [0.2, 0.25) is 0 Å². The van der Waals surface area contributed by atoms with E-state index in [0.29, 0.717) is 16.8 Å². The molecule has 0 saturated heterocycles. The molecule has 0 unspecified atom stereocenters. The molecule has 16 heteroatoms. The number of halogens is 6. The van der Waals surface area contributed by atoms with E-state index < -0.39 is 24.3 Å². The van der Waals surface area contributed by atoms with Crippen molar-refractivity contribution in [2.45, 2.75) is 12.4 Å². The fourth-order valence-corrected chi connectivity index (χ4v) is 2.78. The Kier molecular flexibility index (Phi) is 9.20. The number of nitrogen functional groups attached to an aromatic ring is 1. The van der Waals surface area contributed by atoms with Crippen LogP contribution in [0.4, 0.5) is 32.0 Å². The molecule has 3 aromatic carbocycles. The number of rotatable bonds is 3. The molecule has 10 nitrogen and oxygen atoms in total. The predicted molar refractivity (Wildman–Crippen MR) is 126 cm³/mol. The van der Waals surface area contributed by atoms with E-state index in [1.807, 2.05) is 42.5 Å². The number of nitrogens with one attached hydrogen (secondary N) is 3. The lowest BCUT2D eigenvalue weighted by Crippen LogP contribution is -2.21. The van der Waals surface area contributed by atoms with Crippen LogP contribution in [-0.2, 0) is 9.59 Å². The van der Waals surface area contributed by atoms with Gasteiger partial charge in [-0.2, -0.15) is 31.4 Å². The highest BCUT2D eigenvalue weighted by molar-refractivity contribution is 6.07. The number of anilines is 1. The molecule has 0 fully saturated rings. The summed E-state index contributed by atoms with van der Waals surface area (Å²) < 4.78 is 63.5. The molecule has 4 rings (SSSR count). The first-order valence-corrected chi connectivity index (χ1v) is 10.2. The van der Waals surface area contributed by atoms with E-state index in [1.165, 1.54) is 0 Å². The highest BCUT2D eigenvalue weighted by Crippen LogP contribution is 2.21. The summed E-state index contributed by atoms with van der Waals surface area (Å²) in [4.78, 5) is 30.3. The van der Waals surface area contributed by atoms with Crippen molar-refractivity contribution in [3.63, 3.8) is 0 Å². The fraction of sp³-hybridized carbons (Fsp3) is 0.0870. The number of hydrogen-bond acceptors (Lipinski definition) is 5. The second-order valence-corrected chi connectivity index (χ2v) is 7.42. The van der Waals surface area contributed by atoms with Crippen LogP contribution in [0.1, 0.15) is 15.9 Å². The summed E-state index contributed by atoms with van der Waals surface area (Å²) in [6.07, 6.45) is -8.45. The van der Waals surface area contributed by atoms with Crippen LogP contribution in [0.25, 0.3) is 21.7 Å². The second kappa shape index (κ2) is 11.9. The van der Waals surface area contributed by atoms with Crippen molar-refractivity contribution in [1.82, 2.24) is 10.2 Å². The van der Waals surface area contributed by atoms with Crippen LogP contribution in [0.15, 0.2) is 60.8 Å². The number of alkyl halides is 6. The van der Waals surface area contributed by atoms with Crippen molar-refractivity contribution in [2.24, 2.45) is 5.73 Å². The third-order valence-corrected chi connectivity index (χ3v) is 4.60. The van der Waals surface area contributed by atoms with E-state index in [9.17, 15) is 31.1 Å². The molecule has 0 atom stereocenters. The number of fused-ring (bicyclic) bond motifs is 2. The van der Waals surface area contributed by atoms with Crippen LogP contribution >= 0.6 is 0 Å². The van der Waals surface area contributed by atoms with Gasteiger partial charge in [0, 0.05) is 22.2 Å². The normalized spacial score (nSPS) is 11.0. The minimum absolute atomic E-state index is 0.0263. The Morgan fingerprint density at radius 1 is 0.795 bits per heavy atom. The minimum Gasteiger partial charge on any atom is -0.475 e. The van der Waals surface area contributed by atoms with Crippen molar-refractivity contribution in [3.8, 4) is 0 Å². The molecule has 0 aliphatic carbocycles. The number of hydrogen-bond donors (Lipinski definition) is 6. The summed E-state index contributed by atoms with van der Waals surface area (Å²) in [5.74, 6) is -5.67. The Morgan fingerprint density at radius 3 is 1.77 bits per heavy atom. The molecule has 1 aromatic heterocycles. The number of aromatic amines is 1. The molecule has 0 spiro atoms. The largest absolute Gasteiger partial charge is 0.490 e. The van der Waals surface area contributed by atoms with Crippen LogP contribution < -0.4 is 11.1 Å². The number of carbonyl (C=O) groups excluding carboxylic acids is 1. The van der Waals surface area contributed by atoms with E-state index in [0.717, 1.165) is 21.7 Å². The Morgan fingerprint density at radius 2 is 1.28 bits per heavy atom. The van der Waals surface area contributed by atoms with Gasteiger partial charge in [0.1, 0.15) is 5.84 Å². The van der Waals surface area contributed by atoms with Crippen molar-refractivity contribution in [2.75, 3.05) is 5.32 Å². The smallest absolute Gasteiger partial charge is 0.475 e. The standard InChI is InChI=1S/C19H15N5O.2C2HF3O2/c20-18(21)13-3-1-12-8-14(4-2-11(12)7-13)19(25)23-16-5-6-17-15(9-16)10-22-24-17;2*3-2(4,5)1(6)7/h1-10H,(H3,20,21)(H,22,24)(H,23,25);2*(H,6,7). The molecule has 39 heavy (non-hydrogen) atoms. The number of nitrogens with zero attached hydrogens (tertiary/aromatic N) is 1. The number of carboxylic acid groups (broad SMARTS) is 2. The third kappa shape index (κ3) is 8.73. The molecular weight excluding hydrogens is 540 g/mol. The Bertz CT molecular complexity index is 1510. The molecule has 7 N–H and O–H groups in total. The molecule has 0 aliphatic rings. The lowest BCUT2D eigenvalue weighted by Gasteiger charge is -2.07. The van der Waals surface area contributed by atoms with Gasteiger partial charge in [-0.25, -0.2) is 9.59 Å². The van der Waals surface area contributed by atoms with Gasteiger partial charge in [0.2, 0.25) is 0 Å². The number of aromatic nitrogens is 2. The third-order valence-electron chi connectivity index (χ3n) is 4.60. The first-order chi connectivity index (χ1) is 18.0. The number of benzene rings is 3. The minimum atomic E-state index is -5.08. The molecule has 1 heterocycles. The van der Waals surface area contributed by atoms with Gasteiger partial charge in [-0.1, -0.05) is 18.2 Å². The molecule has 206 valence electrons. The maximum atomic E-state index is 12.5. The highest BCUT2D eigenvalue weighted by Gasteiger charge is 2.38. The summed E-state index contributed by atoms with van der Waals surface area (Å²) in [6.45, 7) is 0. The first-order valence-electron chi connectivity index (χ1n) is 10.2. The van der Waals surface area contributed by atoms with E-state index >= 15 is 0 Å². The summed E-state index contributed by atoms with van der Waals surface area (Å²) in [6, 6.07) is 16.5. The number of amides is 1.